The molecule has 0 aliphatic carbocycles. The SMILES string of the molecule is COc1ccc(CCC(=O)N2CCCC2c2ccc(Br)cc2)cc1. The van der Waals surface area contributed by atoms with E-state index in [-0.39, 0.29) is 11.9 Å². The van der Waals surface area contributed by atoms with E-state index in [0.717, 1.165) is 36.0 Å². The van der Waals surface area contributed by atoms with Gasteiger partial charge in [-0.2, -0.15) is 0 Å². The Hall–Kier alpha value is -1.81. The van der Waals surface area contributed by atoms with E-state index in [4.69, 9.17) is 4.74 Å². The van der Waals surface area contributed by atoms with E-state index in [1.54, 1.807) is 7.11 Å². The lowest BCUT2D eigenvalue weighted by molar-refractivity contribution is -0.132. The second kappa shape index (κ2) is 7.84. The molecule has 0 N–H and O–H groups in total. The van der Waals surface area contributed by atoms with Crippen molar-refractivity contribution >= 4 is 21.8 Å². The second-order valence-corrected chi connectivity index (χ2v) is 7.06. The maximum absolute atomic E-state index is 12.7. The Morgan fingerprint density at radius 1 is 1.17 bits per heavy atom. The zero-order valence-corrected chi connectivity index (χ0v) is 15.5. The van der Waals surface area contributed by atoms with Crippen LogP contribution >= 0.6 is 15.9 Å². The highest BCUT2D eigenvalue weighted by molar-refractivity contribution is 9.10. The summed E-state index contributed by atoms with van der Waals surface area (Å²) in [5.74, 6) is 1.09. The van der Waals surface area contributed by atoms with Gasteiger partial charge in [0.15, 0.2) is 0 Å². The molecule has 0 radical (unpaired) electrons. The predicted octanol–water partition coefficient (Wildman–Crippen LogP) is 4.75. The third kappa shape index (κ3) is 3.99. The van der Waals surface area contributed by atoms with Crippen molar-refractivity contribution in [1.29, 1.82) is 0 Å². The van der Waals surface area contributed by atoms with Crippen LogP contribution in [0, 0.1) is 0 Å². The molecule has 0 saturated carbocycles. The molecule has 3 nitrogen and oxygen atoms in total. The van der Waals surface area contributed by atoms with Crippen LogP contribution in [0.2, 0.25) is 0 Å². The van der Waals surface area contributed by atoms with Gasteiger partial charge in [0.2, 0.25) is 5.91 Å². The molecule has 1 aliphatic rings. The minimum atomic E-state index is 0.224. The number of ether oxygens (including phenoxy) is 1. The molecule has 2 aromatic carbocycles. The lowest BCUT2D eigenvalue weighted by atomic mass is 10.0. The summed E-state index contributed by atoms with van der Waals surface area (Å²) in [5.41, 5.74) is 2.40. The van der Waals surface area contributed by atoms with Crippen molar-refractivity contribution < 1.29 is 9.53 Å². The molecule has 3 rings (SSSR count). The summed E-state index contributed by atoms with van der Waals surface area (Å²) >= 11 is 3.47. The third-order valence-electron chi connectivity index (χ3n) is 4.61. The number of nitrogens with zero attached hydrogens (tertiary/aromatic N) is 1. The van der Waals surface area contributed by atoms with Gasteiger partial charge in [-0.1, -0.05) is 40.2 Å². The van der Waals surface area contributed by atoms with Gasteiger partial charge in [-0.15, -0.1) is 0 Å². The van der Waals surface area contributed by atoms with Gasteiger partial charge in [0.05, 0.1) is 13.2 Å². The number of hydrogen-bond acceptors (Lipinski definition) is 2. The van der Waals surface area contributed by atoms with Crippen molar-refractivity contribution in [3.63, 3.8) is 0 Å². The lowest BCUT2D eigenvalue weighted by Gasteiger charge is -2.25. The van der Waals surface area contributed by atoms with Crippen LogP contribution in [-0.2, 0) is 11.2 Å². The fourth-order valence-corrected chi connectivity index (χ4v) is 3.55. The number of halogens is 1. The number of aryl methyl sites for hydroxylation is 1. The Labute approximate surface area is 151 Å². The Balaban J connectivity index is 1.61. The number of hydrogen-bond donors (Lipinski definition) is 0. The molecule has 0 spiro atoms. The van der Waals surface area contributed by atoms with E-state index in [0.29, 0.717) is 6.42 Å². The van der Waals surface area contributed by atoms with Gasteiger partial charge < -0.3 is 9.64 Å². The lowest BCUT2D eigenvalue weighted by Crippen LogP contribution is -2.30. The van der Waals surface area contributed by atoms with Crippen LogP contribution in [0.15, 0.2) is 53.0 Å². The fraction of sp³-hybridized carbons (Fsp3) is 0.350. The van der Waals surface area contributed by atoms with E-state index in [1.807, 2.05) is 41.3 Å². The highest BCUT2D eigenvalue weighted by Gasteiger charge is 2.29. The van der Waals surface area contributed by atoms with Crippen LogP contribution in [0.3, 0.4) is 0 Å². The van der Waals surface area contributed by atoms with Crippen LogP contribution in [0.1, 0.15) is 36.4 Å². The van der Waals surface area contributed by atoms with Gasteiger partial charge in [-0.3, -0.25) is 4.79 Å². The minimum Gasteiger partial charge on any atom is -0.497 e. The van der Waals surface area contributed by atoms with Crippen LogP contribution in [-0.4, -0.2) is 24.5 Å². The topological polar surface area (TPSA) is 29.5 Å². The van der Waals surface area contributed by atoms with Gasteiger partial charge in [0.1, 0.15) is 5.75 Å². The zero-order valence-electron chi connectivity index (χ0n) is 13.9. The Morgan fingerprint density at radius 2 is 1.88 bits per heavy atom. The predicted molar refractivity (Wildman–Crippen MR) is 99.1 cm³/mol. The summed E-state index contributed by atoms with van der Waals surface area (Å²) in [6.45, 7) is 0.863. The molecule has 2 aromatic rings. The highest BCUT2D eigenvalue weighted by atomic mass is 79.9. The van der Waals surface area contributed by atoms with Crippen LogP contribution in [0.25, 0.3) is 0 Å². The standard InChI is InChI=1S/C20H22BrNO2/c1-24-18-11-4-15(5-12-18)6-13-20(23)22-14-2-3-19(22)16-7-9-17(21)10-8-16/h4-5,7-12,19H,2-3,6,13-14H2,1H3. The number of carbonyl (C=O) groups excluding carboxylic acids is 1. The third-order valence-corrected chi connectivity index (χ3v) is 5.14. The second-order valence-electron chi connectivity index (χ2n) is 6.14. The number of rotatable bonds is 5. The van der Waals surface area contributed by atoms with Crippen LogP contribution in [0.5, 0.6) is 5.75 Å². The van der Waals surface area contributed by atoms with Crippen molar-refractivity contribution in [2.45, 2.75) is 31.7 Å². The largest absolute Gasteiger partial charge is 0.497 e. The van der Waals surface area contributed by atoms with E-state index in [2.05, 4.69) is 28.1 Å². The molecule has 0 aromatic heterocycles. The van der Waals surface area contributed by atoms with E-state index in [9.17, 15) is 4.79 Å². The molecule has 24 heavy (non-hydrogen) atoms. The monoisotopic (exact) mass is 387 g/mol. The average Bonchev–Trinajstić information content (AvgIpc) is 3.10. The summed E-state index contributed by atoms with van der Waals surface area (Å²) < 4.78 is 6.24. The molecule has 1 saturated heterocycles. The molecule has 0 bridgehead atoms. The fourth-order valence-electron chi connectivity index (χ4n) is 3.28. The zero-order chi connectivity index (χ0) is 16.9. The van der Waals surface area contributed by atoms with E-state index in [1.165, 1.54) is 11.1 Å². The number of benzene rings is 2. The molecule has 1 heterocycles. The molecule has 1 fully saturated rings. The number of methoxy groups -OCH3 is 1. The number of amides is 1. The van der Waals surface area contributed by atoms with Gasteiger partial charge in [-0.05, 0) is 54.7 Å². The molecular formula is C20H22BrNO2. The highest BCUT2D eigenvalue weighted by Crippen LogP contribution is 2.33. The van der Waals surface area contributed by atoms with E-state index < -0.39 is 0 Å². The number of carbonyl (C=O) groups is 1. The molecule has 1 amide bonds. The summed E-state index contributed by atoms with van der Waals surface area (Å²) in [7, 11) is 1.66. The molecular weight excluding hydrogens is 366 g/mol. The van der Waals surface area contributed by atoms with E-state index >= 15 is 0 Å². The summed E-state index contributed by atoms with van der Waals surface area (Å²) in [6.07, 6.45) is 3.46. The van der Waals surface area contributed by atoms with Crippen LogP contribution < -0.4 is 4.74 Å². The summed E-state index contributed by atoms with van der Waals surface area (Å²) in [4.78, 5) is 14.7. The van der Waals surface area contributed by atoms with Gasteiger partial charge in [0.25, 0.3) is 0 Å². The van der Waals surface area contributed by atoms with Gasteiger partial charge in [0, 0.05) is 17.4 Å². The van der Waals surface area contributed by atoms with Crippen molar-refractivity contribution in [1.82, 2.24) is 4.90 Å². The quantitative estimate of drug-likeness (QED) is 0.740. The molecule has 1 unspecified atom stereocenters. The first-order valence-corrected chi connectivity index (χ1v) is 9.14. The first kappa shape index (κ1) is 17.0. The first-order chi connectivity index (χ1) is 11.7. The Morgan fingerprint density at radius 3 is 2.54 bits per heavy atom. The van der Waals surface area contributed by atoms with Crippen LogP contribution in [0.4, 0.5) is 0 Å². The number of likely N-dealkylation sites (tertiary alicyclic amines) is 1. The maximum Gasteiger partial charge on any atom is 0.223 e. The smallest absolute Gasteiger partial charge is 0.223 e. The van der Waals surface area contributed by atoms with Crippen molar-refractivity contribution in [2.75, 3.05) is 13.7 Å². The van der Waals surface area contributed by atoms with Gasteiger partial charge >= 0.3 is 0 Å². The normalized spacial score (nSPS) is 17.1. The average molecular weight is 388 g/mol. The Bertz CT molecular complexity index is 682. The minimum absolute atomic E-state index is 0.224. The van der Waals surface area contributed by atoms with Crippen molar-refractivity contribution in [3.8, 4) is 5.75 Å². The molecule has 1 atom stereocenters. The van der Waals surface area contributed by atoms with Crippen molar-refractivity contribution in [2.24, 2.45) is 0 Å². The maximum atomic E-state index is 12.7. The van der Waals surface area contributed by atoms with Crippen molar-refractivity contribution in [3.05, 3.63) is 64.1 Å². The van der Waals surface area contributed by atoms with Gasteiger partial charge in [-0.25, -0.2) is 0 Å². The first-order valence-electron chi connectivity index (χ1n) is 8.35. The summed E-state index contributed by atoms with van der Waals surface area (Å²) in [5, 5.41) is 0. The molecule has 1 aliphatic heterocycles. The molecule has 4 heteroatoms. The summed E-state index contributed by atoms with van der Waals surface area (Å²) in [6, 6.07) is 16.5. The molecule has 126 valence electrons. The Kier molecular flexibility index (Phi) is 5.56.